The summed E-state index contributed by atoms with van der Waals surface area (Å²) in [5, 5.41) is 5.75. The number of aryl methyl sites for hydroxylation is 2. The van der Waals surface area contributed by atoms with E-state index in [1.165, 1.54) is 28.0 Å². The molecule has 0 aliphatic carbocycles. The molecule has 1 amide bonds. The minimum absolute atomic E-state index is 0.00198. The van der Waals surface area contributed by atoms with E-state index in [1.807, 2.05) is 35.7 Å². The average molecular weight is 381 g/mol. The van der Waals surface area contributed by atoms with E-state index in [0.717, 1.165) is 22.9 Å². The van der Waals surface area contributed by atoms with Crippen LogP contribution in [-0.2, 0) is 24.2 Å². The number of carbonyl (C=O) groups is 1. The third-order valence-corrected chi connectivity index (χ3v) is 5.23. The molecule has 140 valence electrons. The van der Waals surface area contributed by atoms with Gasteiger partial charge in [0.2, 0.25) is 5.91 Å². The maximum Gasteiger partial charge on any atom is 0.226 e. The second-order valence-corrected chi connectivity index (χ2v) is 7.47. The normalized spacial score (nSPS) is 10.6. The molecule has 0 spiro atoms. The highest BCUT2D eigenvalue weighted by molar-refractivity contribution is 7.09. The second kappa shape index (κ2) is 9.33. The summed E-state index contributed by atoms with van der Waals surface area (Å²) in [5.74, 6) is 0.839. The van der Waals surface area contributed by atoms with Crippen molar-refractivity contribution >= 4 is 17.2 Å². The van der Waals surface area contributed by atoms with Gasteiger partial charge in [0.25, 0.3) is 0 Å². The largest absolute Gasteiger partial charge is 0.486 e. The monoisotopic (exact) mass is 380 g/mol. The standard InChI is InChI=1S/C22H24N2O2S/c1-16-8-9-20(12-17(16)2)26-14-22-24-19(15-27-22)13-21(25)23-11-10-18-6-4-3-5-7-18/h3-9,12,15H,10-11,13-14H2,1-2H3,(H,23,25). The molecular formula is C22H24N2O2S. The van der Waals surface area contributed by atoms with Gasteiger partial charge in [-0.15, -0.1) is 11.3 Å². The minimum atomic E-state index is -0.00198. The number of hydrogen-bond acceptors (Lipinski definition) is 4. The van der Waals surface area contributed by atoms with Gasteiger partial charge < -0.3 is 10.1 Å². The lowest BCUT2D eigenvalue weighted by Gasteiger charge is -2.06. The van der Waals surface area contributed by atoms with Crippen LogP contribution in [-0.4, -0.2) is 17.4 Å². The maximum absolute atomic E-state index is 12.1. The molecule has 1 aromatic heterocycles. The van der Waals surface area contributed by atoms with Gasteiger partial charge in [0.15, 0.2) is 0 Å². The van der Waals surface area contributed by atoms with Crippen LogP contribution in [0.3, 0.4) is 0 Å². The molecule has 0 aliphatic rings. The van der Waals surface area contributed by atoms with Crippen LogP contribution in [0.2, 0.25) is 0 Å². The van der Waals surface area contributed by atoms with Gasteiger partial charge >= 0.3 is 0 Å². The van der Waals surface area contributed by atoms with E-state index in [2.05, 4.69) is 42.3 Å². The molecule has 0 saturated carbocycles. The molecule has 3 rings (SSSR count). The Morgan fingerprint density at radius 1 is 1.11 bits per heavy atom. The number of aromatic nitrogens is 1. The number of nitrogens with zero attached hydrogens (tertiary/aromatic N) is 1. The molecule has 2 aromatic carbocycles. The first-order chi connectivity index (χ1) is 13.1. The van der Waals surface area contributed by atoms with Gasteiger partial charge in [-0.25, -0.2) is 4.98 Å². The van der Waals surface area contributed by atoms with E-state index in [1.54, 1.807) is 0 Å². The lowest BCUT2D eigenvalue weighted by atomic mass is 10.1. The Balaban J connectivity index is 1.43. The van der Waals surface area contributed by atoms with Crippen LogP contribution in [0.25, 0.3) is 0 Å². The number of benzene rings is 2. The van der Waals surface area contributed by atoms with Crippen LogP contribution in [0.5, 0.6) is 5.75 Å². The molecule has 0 bridgehead atoms. The Morgan fingerprint density at radius 3 is 2.70 bits per heavy atom. The van der Waals surface area contributed by atoms with Crippen LogP contribution in [0.4, 0.5) is 0 Å². The highest BCUT2D eigenvalue weighted by atomic mass is 32.1. The zero-order chi connectivity index (χ0) is 19.1. The third-order valence-electron chi connectivity index (χ3n) is 4.36. The Hall–Kier alpha value is -2.66. The fourth-order valence-electron chi connectivity index (χ4n) is 2.66. The first-order valence-corrected chi connectivity index (χ1v) is 9.92. The minimum Gasteiger partial charge on any atom is -0.486 e. The van der Waals surface area contributed by atoms with Crippen molar-refractivity contribution in [3.05, 3.63) is 81.3 Å². The fraction of sp³-hybridized carbons (Fsp3) is 0.273. The molecule has 0 saturated heterocycles. The van der Waals surface area contributed by atoms with Crippen molar-refractivity contribution in [3.63, 3.8) is 0 Å². The van der Waals surface area contributed by atoms with Crippen LogP contribution in [0, 0.1) is 13.8 Å². The molecule has 5 heteroatoms. The number of amides is 1. The SMILES string of the molecule is Cc1ccc(OCc2nc(CC(=O)NCCc3ccccc3)cs2)cc1C. The molecule has 27 heavy (non-hydrogen) atoms. The van der Waals surface area contributed by atoms with Gasteiger partial charge in [-0.3, -0.25) is 4.79 Å². The third kappa shape index (κ3) is 5.93. The highest BCUT2D eigenvalue weighted by Crippen LogP contribution is 2.19. The van der Waals surface area contributed by atoms with Gasteiger partial charge in [-0.05, 0) is 49.1 Å². The summed E-state index contributed by atoms with van der Waals surface area (Å²) in [5.41, 5.74) is 4.46. The predicted octanol–water partition coefficient (Wildman–Crippen LogP) is 4.24. The summed E-state index contributed by atoms with van der Waals surface area (Å²) in [7, 11) is 0. The highest BCUT2D eigenvalue weighted by Gasteiger charge is 2.08. The van der Waals surface area contributed by atoms with Crippen LogP contribution < -0.4 is 10.1 Å². The first-order valence-electron chi connectivity index (χ1n) is 9.04. The van der Waals surface area contributed by atoms with E-state index < -0.39 is 0 Å². The summed E-state index contributed by atoms with van der Waals surface area (Å²) in [6.07, 6.45) is 1.13. The molecule has 1 N–H and O–H groups in total. The van der Waals surface area contributed by atoms with Crippen molar-refractivity contribution in [1.82, 2.24) is 10.3 Å². The van der Waals surface area contributed by atoms with Crippen molar-refractivity contribution in [2.45, 2.75) is 33.3 Å². The van der Waals surface area contributed by atoms with Crippen molar-refractivity contribution < 1.29 is 9.53 Å². The number of hydrogen-bond donors (Lipinski definition) is 1. The number of ether oxygens (including phenoxy) is 1. The first kappa shape index (κ1) is 19.1. The zero-order valence-corrected chi connectivity index (χ0v) is 16.5. The average Bonchev–Trinajstić information content (AvgIpc) is 3.11. The Morgan fingerprint density at radius 2 is 1.93 bits per heavy atom. The predicted molar refractivity (Wildman–Crippen MR) is 109 cm³/mol. The number of carbonyl (C=O) groups excluding carboxylic acids is 1. The summed E-state index contributed by atoms with van der Waals surface area (Å²) >= 11 is 1.52. The number of thiazole rings is 1. The molecular weight excluding hydrogens is 356 g/mol. The molecule has 1 heterocycles. The summed E-state index contributed by atoms with van der Waals surface area (Å²) in [6.45, 7) is 5.20. The smallest absolute Gasteiger partial charge is 0.226 e. The molecule has 3 aromatic rings. The topological polar surface area (TPSA) is 51.2 Å². The molecule has 0 unspecified atom stereocenters. The Kier molecular flexibility index (Phi) is 6.60. The fourth-order valence-corrected chi connectivity index (χ4v) is 3.37. The Bertz CT molecular complexity index is 890. The lowest BCUT2D eigenvalue weighted by molar-refractivity contribution is -0.120. The number of nitrogens with one attached hydrogen (secondary N) is 1. The summed E-state index contributed by atoms with van der Waals surface area (Å²) < 4.78 is 5.81. The van der Waals surface area contributed by atoms with E-state index in [9.17, 15) is 4.79 Å². The van der Waals surface area contributed by atoms with Crippen LogP contribution in [0.1, 0.15) is 27.4 Å². The van der Waals surface area contributed by atoms with Gasteiger partial charge in [0.05, 0.1) is 12.1 Å². The van der Waals surface area contributed by atoms with E-state index in [-0.39, 0.29) is 5.91 Å². The molecule has 0 aliphatic heterocycles. The maximum atomic E-state index is 12.1. The van der Waals surface area contributed by atoms with Crippen molar-refractivity contribution in [3.8, 4) is 5.75 Å². The van der Waals surface area contributed by atoms with Crippen LogP contribution >= 0.6 is 11.3 Å². The summed E-state index contributed by atoms with van der Waals surface area (Å²) in [4.78, 5) is 16.6. The zero-order valence-electron chi connectivity index (χ0n) is 15.7. The van der Waals surface area contributed by atoms with Gasteiger partial charge in [-0.2, -0.15) is 0 Å². The van der Waals surface area contributed by atoms with Crippen LogP contribution in [0.15, 0.2) is 53.9 Å². The molecule has 4 nitrogen and oxygen atoms in total. The van der Waals surface area contributed by atoms with E-state index in [0.29, 0.717) is 19.6 Å². The van der Waals surface area contributed by atoms with Crippen molar-refractivity contribution in [2.24, 2.45) is 0 Å². The lowest BCUT2D eigenvalue weighted by Crippen LogP contribution is -2.27. The van der Waals surface area contributed by atoms with E-state index >= 15 is 0 Å². The Labute approximate surface area is 164 Å². The second-order valence-electron chi connectivity index (χ2n) is 6.53. The van der Waals surface area contributed by atoms with Crippen molar-refractivity contribution in [1.29, 1.82) is 0 Å². The van der Waals surface area contributed by atoms with Gasteiger partial charge in [0, 0.05) is 11.9 Å². The molecule has 0 fully saturated rings. The van der Waals surface area contributed by atoms with Gasteiger partial charge in [-0.1, -0.05) is 36.4 Å². The van der Waals surface area contributed by atoms with Gasteiger partial charge in [0.1, 0.15) is 17.4 Å². The van der Waals surface area contributed by atoms with E-state index in [4.69, 9.17) is 4.74 Å². The number of rotatable bonds is 8. The molecule has 0 radical (unpaired) electrons. The van der Waals surface area contributed by atoms with Crippen molar-refractivity contribution in [2.75, 3.05) is 6.54 Å². The quantitative estimate of drug-likeness (QED) is 0.636. The molecule has 0 atom stereocenters. The summed E-state index contributed by atoms with van der Waals surface area (Å²) in [6, 6.07) is 16.2.